The molecule has 0 amide bonds. The molecule has 0 aliphatic heterocycles. The van der Waals surface area contributed by atoms with Crippen LogP contribution in [0.4, 0.5) is 0 Å². The molecular weight excluding hydrogens is 318 g/mol. The summed E-state index contributed by atoms with van der Waals surface area (Å²) in [7, 11) is 3.29. The second-order valence-corrected chi connectivity index (χ2v) is 6.55. The molecule has 0 saturated heterocycles. The molecule has 25 heavy (non-hydrogen) atoms. The van der Waals surface area contributed by atoms with Gasteiger partial charge >= 0.3 is 0 Å². The van der Waals surface area contributed by atoms with Crippen molar-refractivity contribution < 1.29 is 19.3 Å². The topological polar surface area (TPSA) is 51.2 Å². The van der Waals surface area contributed by atoms with Crippen molar-refractivity contribution in [2.24, 2.45) is 5.92 Å². The molecule has 0 saturated carbocycles. The Balaban J connectivity index is 2.80. The molecule has 142 valence electrons. The fourth-order valence-corrected chi connectivity index (χ4v) is 2.63. The van der Waals surface area contributed by atoms with Gasteiger partial charge in [0.1, 0.15) is 0 Å². The van der Waals surface area contributed by atoms with Crippen molar-refractivity contribution in [2.45, 2.75) is 32.9 Å². The van der Waals surface area contributed by atoms with E-state index in [1.807, 2.05) is 18.2 Å². The Labute approximate surface area is 152 Å². The van der Waals surface area contributed by atoms with Crippen molar-refractivity contribution in [1.82, 2.24) is 4.90 Å². The first-order valence-corrected chi connectivity index (χ1v) is 8.80. The van der Waals surface area contributed by atoms with Crippen molar-refractivity contribution in [2.75, 3.05) is 40.5 Å². The molecule has 1 aromatic carbocycles. The van der Waals surface area contributed by atoms with Gasteiger partial charge < -0.3 is 19.3 Å². The Bertz CT molecular complexity index is 504. The average molecular weight is 351 g/mol. The summed E-state index contributed by atoms with van der Waals surface area (Å²) in [6.45, 7) is 10.9. The van der Waals surface area contributed by atoms with E-state index in [-0.39, 0.29) is 0 Å². The van der Waals surface area contributed by atoms with Gasteiger partial charge in [-0.25, -0.2) is 0 Å². The maximum Gasteiger partial charge on any atom is 0.165 e. The van der Waals surface area contributed by atoms with Crippen LogP contribution < -0.4 is 9.47 Å². The third kappa shape index (κ3) is 7.90. The van der Waals surface area contributed by atoms with Gasteiger partial charge in [-0.3, -0.25) is 4.90 Å². The van der Waals surface area contributed by atoms with E-state index in [1.165, 1.54) is 0 Å². The Morgan fingerprint density at radius 1 is 1.24 bits per heavy atom. The van der Waals surface area contributed by atoms with E-state index in [4.69, 9.17) is 14.2 Å². The van der Waals surface area contributed by atoms with Crippen molar-refractivity contribution in [3.05, 3.63) is 36.4 Å². The lowest BCUT2D eigenvalue weighted by Gasteiger charge is -2.27. The summed E-state index contributed by atoms with van der Waals surface area (Å²) < 4.78 is 16.3. The Hall–Kier alpha value is -1.56. The predicted octanol–water partition coefficient (Wildman–Crippen LogP) is 3.12. The fourth-order valence-electron chi connectivity index (χ4n) is 2.63. The number of para-hydroxylation sites is 1. The van der Waals surface area contributed by atoms with Crippen LogP contribution in [0.25, 0.3) is 0 Å². The number of ether oxygens (including phenoxy) is 3. The molecule has 5 heteroatoms. The number of benzene rings is 1. The first-order valence-electron chi connectivity index (χ1n) is 8.80. The van der Waals surface area contributed by atoms with Gasteiger partial charge in [0, 0.05) is 18.7 Å². The molecule has 1 rings (SSSR count). The minimum atomic E-state index is -0.538. The Morgan fingerprint density at radius 2 is 2.00 bits per heavy atom. The van der Waals surface area contributed by atoms with Crippen LogP contribution >= 0.6 is 0 Å². The molecule has 0 heterocycles. The zero-order valence-electron chi connectivity index (χ0n) is 16.0. The summed E-state index contributed by atoms with van der Waals surface area (Å²) in [4.78, 5) is 2.24. The molecule has 1 atom stereocenters. The first-order chi connectivity index (χ1) is 12.0. The third-order valence-corrected chi connectivity index (χ3v) is 3.92. The highest BCUT2D eigenvalue weighted by atomic mass is 16.5. The quantitative estimate of drug-likeness (QED) is 0.437. The van der Waals surface area contributed by atoms with E-state index in [0.29, 0.717) is 32.2 Å². The van der Waals surface area contributed by atoms with Gasteiger partial charge in [-0.2, -0.15) is 0 Å². The number of methoxy groups -OCH3 is 2. The van der Waals surface area contributed by atoms with E-state index >= 15 is 0 Å². The smallest absolute Gasteiger partial charge is 0.165 e. The van der Waals surface area contributed by atoms with E-state index in [9.17, 15) is 5.11 Å². The second kappa shape index (κ2) is 11.9. The molecule has 0 aliphatic rings. The zero-order chi connectivity index (χ0) is 18.7. The summed E-state index contributed by atoms with van der Waals surface area (Å²) in [5.74, 6) is 2.07. The summed E-state index contributed by atoms with van der Waals surface area (Å²) in [5, 5.41) is 10.3. The van der Waals surface area contributed by atoms with Crippen LogP contribution in [0.2, 0.25) is 0 Å². The van der Waals surface area contributed by atoms with Crippen LogP contribution in [0.15, 0.2) is 30.9 Å². The minimum Gasteiger partial charge on any atom is -0.493 e. The van der Waals surface area contributed by atoms with Gasteiger partial charge in [0.15, 0.2) is 11.5 Å². The number of aliphatic hydroxyl groups is 1. The second-order valence-electron chi connectivity index (χ2n) is 6.55. The van der Waals surface area contributed by atoms with Crippen LogP contribution in [-0.2, 0) is 11.3 Å². The van der Waals surface area contributed by atoms with E-state index in [2.05, 4.69) is 25.3 Å². The molecule has 0 aliphatic carbocycles. The first kappa shape index (κ1) is 21.5. The fraction of sp³-hybridized carbons (Fsp3) is 0.600. The SMILES string of the molecule is C=CCOC[C@H](O)CN(CCC(C)C)Cc1cccc(OC)c1OC. The summed E-state index contributed by atoms with van der Waals surface area (Å²) in [6, 6.07) is 5.88. The molecule has 0 bridgehead atoms. The highest BCUT2D eigenvalue weighted by molar-refractivity contribution is 5.46. The maximum atomic E-state index is 10.3. The van der Waals surface area contributed by atoms with Gasteiger partial charge in [-0.15, -0.1) is 6.58 Å². The van der Waals surface area contributed by atoms with Crippen molar-refractivity contribution in [1.29, 1.82) is 0 Å². The van der Waals surface area contributed by atoms with Gasteiger partial charge in [0.05, 0.1) is 33.5 Å². The lowest BCUT2D eigenvalue weighted by atomic mass is 10.1. The largest absolute Gasteiger partial charge is 0.493 e. The number of nitrogens with zero attached hydrogens (tertiary/aromatic N) is 1. The highest BCUT2D eigenvalue weighted by Crippen LogP contribution is 2.31. The van der Waals surface area contributed by atoms with Gasteiger partial charge in [0.2, 0.25) is 0 Å². The minimum absolute atomic E-state index is 0.305. The number of hydrogen-bond acceptors (Lipinski definition) is 5. The van der Waals surface area contributed by atoms with Gasteiger partial charge in [0.25, 0.3) is 0 Å². The molecule has 0 spiro atoms. The molecule has 0 radical (unpaired) electrons. The third-order valence-electron chi connectivity index (χ3n) is 3.92. The van der Waals surface area contributed by atoms with Gasteiger partial charge in [-0.05, 0) is 24.9 Å². The van der Waals surface area contributed by atoms with E-state index in [1.54, 1.807) is 20.3 Å². The summed E-state index contributed by atoms with van der Waals surface area (Å²) >= 11 is 0. The molecule has 0 unspecified atom stereocenters. The molecule has 1 aromatic rings. The Morgan fingerprint density at radius 3 is 2.60 bits per heavy atom. The predicted molar refractivity (Wildman–Crippen MR) is 101 cm³/mol. The van der Waals surface area contributed by atoms with Crippen molar-refractivity contribution in [3.8, 4) is 11.5 Å². The van der Waals surface area contributed by atoms with E-state index < -0.39 is 6.10 Å². The monoisotopic (exact) mass is 351 g/mol. The number of aliphatic hydroxyl groups excluding tert-OH is 1. The van der Waals surface area contributed by atoms with Crippen molar-refractivity contribution in [3.63, 3.8) is 0 Å². The Kier molecular flexibility index (Phi) is 10.2. The lowest BCUT2D eigenvalue weighted by Crippen LogP contribution is -2.35. The molecule has 1 N–H and O–H groups in total. The average Bonchev–Trinajstić information content (AvgIpc) is 2.59. The van der Waals surface area contributed by atoms with Crippen LogP contribution in [0.3, 0.4) is 0 Å². The lowest BCUT2D eigenvalue weighted by molar-refractivity contribution is 0.0236. The standard InChI is InChI=1S/C20H33NO4/c1-6-12-25-15-18(22)14-21(11-10-16(2)3)13-17-8-7-9-19(23-4)20(17)24-5/h6-9,16,18,22H,1,10-15H2,2-5H3/t18-/m1/s1. The zero-order valence-corrected chi connectivity index (χ0v) is 16.0. The van der Waals surface area contributed by atoms with Gasteiger partial charge in [-0.1, -0.05) is 32.1 Å². The molecule has 0 fully saturated rings. The number of rotatable bonds is 13. The summed E-state index contributed by atoms with van der Waals surface area (Å²) in [5.41, 5.74) is 1.05. The normalized spacial score (nSPS) is 12.4. The molecule has 0 aromatic heterocycles. The van der Waals surface area contributed by atoms with Crippen LogP contribution in [-0.4, -0.2) is 56.6 Å². The van der Waals surface area contributed by atoms with Crippen LogP contribution in [0, 0.1) is 5.92 Å². The number of hydrogen-bond donors (Lipinski definition) is 1. The highest BCUT2D eigenvalue weighted by Gasteiger charge is 2.17. The van der Waals surface area contributed by atoms with Crippen molar-refractivity contribution >= 4 is 0 Å². The van der Waals surface area contributed by atoms with Crippen LogP contribution in [0.1, 0.15) is 25.8 Å². The maximum absolute atomic E-state index is 10.3. The molecule has 5 nitrogen and oxygen atoms in total. The molecular formula is C20H33NO4. The van der Waals surface area contributed by atoms with E-state index in [0.717, 1.165) is 30.0 Å². The summed E-state index contributed by atoms with van der Waals surface area (Å²) in [6.07, 6.45) is 2.21. The van der Waals surface area contributed by atoms with Crippen LogP contribution in [0.5, 0.6) is 11.5 Å².